The Kier molecular flexibility index (Phi) is 14.2. The Hall–Kier alpha value is -2.30. The van der Waals surface area contributed by atoms with Crippen molar-refractivity contribution in [3.8, 4) is 0 Å². The normalized spacial score (nSPS) is 16.4. The molecule has 3 heteroatoms. The molecule has 0 heterocycles. The van der Waals surface area contributed by atoms with Gasteiger partial charge in [0.2, 0.25) is 0 Å². The molecule has 0 saturated carbocycles. The van der Waals surface area contributed by atoms with Gasteiger partial charge in [0.25, 0.3) is 0 Å². The highest BCUT2D eigenvalue weighted by Crippen LogP contribution is 2.58. The van der Waals surface area contributed by atoms with Gasteiger partial charge in [-0.25, -0.2) is 0 Å². The van der Waals surface area contributed by atoms with Gasteiger partial charge >= 0.3 is 0 Å². The Balaban J connectivity index is 3.72. The van der Waals surface area contributed by atoms with E-state index in [2.05, 4.69) is 131 Å². The van der Waals surface area contributed by atoms with E-state index >= 15 is 0 Å². The van der Waals surface area contributed by atoms with E-state index < -0.39 is 16.1 Å². The Labute approximate surface area is 198 Å². The number of nitrogens with one attached hydrogen (secondary N) is 1. The van der Waals surface area contributed by atoms with Gasteiger partial charge in [-0.1, -0.05) is 123 Å². The van der Waals surface area contributed by atoms with E-state index in [1.807, 2.05) is 24.3 Å². The highest BCUT2D eigenvalue weighted by molar-refractivity contribution is 7.81. The van der Waals surface area contributed by atoms with Crippen LogP contribution >= 0.6 is 16.1 Å². The lowest BCUT2D eigenvalue weighted by Crippen LogP contribution is -2.14. The fourth-order valence-electron chi connectivity index (χ4n) is 2.88. The van der Waals surface area contributed by atoms with Gasteiger partial charge in [0.15, 0.2) is 0 Å². The second-order valence-electron chi connectivity index (χ2n) is 6.93. The predicted octanol–water partition coefficient (Wildman–Crippen LogP) is 9.27. The molecule has 1 aromatic rings. The molecule has 0 fully saturated rings. The van der Waals surface area contributed by atoms with E-state index in [0.717, 1.165) is 0 Å². The molecule has 1 nitrogen and oxygen atoms in total. The third-order valence-electron chi connectivity index (χ3n) is 4.46. The summed E-state index contributed by atoms with van der Waals surface area (Å²) in [5.74, 6) is 0.281. The first-order valence-electron chi connectivity index (χ1n) is 10.9. The van der Waals surface area contributed by atoms with Crippen LogP contribution in [0.3, 0.4) is 0 Å². The van der Waals surface area contributed by atoms with E-state index in [0.29, 0.717) is 0 Å². The van der Waals surface area contributed by atoms with Crippen molar-refractivity contribution in [2.75, 3.05) is 0 Å². The molecule has 32 heavy (non-hydrogen) atoms. The monoisotopic (exact) mass is 461 g/mol. The van der Waals surface area contributed by atoms with E-state index in [1.165, 1.54) is 21.2 Å². The van der Waals surface area contributed by atoms with Crippen LogP contribution in [0.15, 0.2) is 139 Å². The third kappa shape index (κ3) is 9.05. The van der Waals surface area contributed by atoms with Crippen LogP contribution in [0.4, 0.5) is 0 Å². The fourth-order valence-corrected chi connectivity index (χ4v) is 8.32. The van der Waals surface area contributed by atoms with Crippen LogP contribution in [-0.2, 0) is 0 Å². The minimum Gasteiger partial charge on any atom is -0.259 e. The molecule has 0 aliphatic carbocycles. The number of allylic oxidation sites excluding steroid dienone is 15. The lowest BCUT2D eigenvalue weighted by Gasteiger charge is -2.29. The van der Waals surface area contributed by atoms with Gasteiger partial charge in [-0.3, -0.25) is 4.86 Å². The third-order valence-corrected chi connectivity index (χ3v) is 9.42. The molecular formula is C29H37NP2. The Morgan fingerprint density at radius 2 is 1.53 bits per heavy atom. The summed E-state index contributed by atoms with van der Waals surface area (Å²) in [6.07, 6.45) is 25.0. The first kappa shape index (κ1) is 27.7. The maximum absolute atomic E-state index is 4.07. The van der Waals surface area contributed by atoms with Crippen LogP contribution in [0.25, 0.3) is 0 Å². The number of hydrogen-bond acceptors (Lipinski definition) is 1. The van der Waals surface area contributed by atoms with Crippen molar-refractivity contribution in [1.82, 2.24) is 4.86 Å². The summed E-state index contributed by atoms with van der Waals surface area (Å²) in [6.45, 7) is 20.2. The van der Waals surface area contributed by atoms with Gasteiger partial charge in [-0.05, 0) is 47.9 Å². The number of rotatable bonds is 13. The summed E-state index contributed by atoms with van der Waals surface area (Å²) in [7, 11) is -1.65. The van der Waals surface area contributed by atoms with Crippen LogP contribution < -0.4 is 10.2 Å². The largest absolute Gasteiger partial charge is 0.259 e. The zero-order valence-corrected chi connectivity index (χ0v) is 21.7. The van der Waals surface area contributed by atoms with Gasteiger partial charge in [-0.15, -0.1) is 6.58 Å². The highest BCUT2D eigenvalue weighted by atomic mass is 31.2. The molecule has 0 bridgehead atoms. The average molecular weight is 462 g/mol. The summed E-state index contributed by atoms with van der Waals surface area (Å²) in [6, 6.07) is 10.7. The zero-order valence-electron chi connectivity index (χ0n) is 19.9. The smallest absolute Gasteiger partial charge is 0.0291 e. The number of hydrogen-bond donors (Lipinski definition) is 1. The molecule has 168 valence electrons. The lowest BCUT2D eigenvalue weighted by atomic mass is 10.1. The second kappa shape index (κ2) is 16.3. The molecule has 0 aromatic heterocycles. The minimum atomic E-state index is -0.839. The molecule has 3 unspecified atom stereocenters. The standard InChI is InChI=1S/C29H37NP2/c1-8-14-21-26(13-6)31(27(18-9-2)19-10-3)30-32(28-22-16-15-17-23-28)29(20-11-4)24-25(7)12-5/h8-25,30H,1-2,5H2,3-4,6-7H3/b19-10-,20-11-,21-14-,26-13+,27-18+,29-24+. The molecule has 0 aliphatic rings. The van der Waals surface area contributed by atoms with Crippen LogP contribution in [-0.4, -0.2) is 0 Å². The predicted molar refractivity (Wildman–Crippen MR) is 151 cm³/mol. The quantitative estimate of drug-likeness (QED) is 0.175. The van der Waals surface area contributed by atoms with Crippen LogP contribution in [0.2, 0.25) is 0 Å². The summed E-state index contributed by atoms with van der Waals surface area (Å²) < 4.78 is 0. The summed E-state index contributed by atoms with van der Waals surface area (Å²) in [5, 5.41) is 5.04. The van der Waals surface area contributed by atoms with Gasteiger partial charge in [0.05, 0.1) is 0 Å². The van der Waals surface area contributed by atoms with Crippen molar-refractivity contribution in [3.63, 3.8) is 0 Å². The van der Waals surface area contributed by atoms with Gasteiger partial charge < -0.3 is 0 Å². The lowest BCUT2D eigenvalue weighted by molar-refractivity contribution is 0.941. The summed E-state index contributed by atoms with van der Waals surface area (Å²) >= 11 is 0. The molecule has 0 spiro atoms. The van der Waals surface area contributed by atoms with Gasteiger partial charge in [-0.2, -0.15) is 0 Å². The van der Waals surface area contributed by atoms with Crippen molar-refractivity contribution in [2.45, 2.75) is 27.7 Å². The highest BCUT2D eigenvalue weighted by Gasteiger charge is 2.23. The van der Waals surface area contributed by atoms with Crippen molar-refractivity contribution < 1.29 is 0 Å². The molecule has 0 amide bonds. The molecule has 1 rings (SSSR count). The zero-order chi connectivity index (χ0) is 23.8. The van der Waals surface area contributed by atoms with E-state index in [4.69, 9.17) is 0 Å². The van der Waals surface area contributed by atoms with Crippen molar-refractivity contribution in [3.05, 3.63) is 139 Å². The van der Waals surface area contributed by atoms with Crippen LogP contribution in [0.1, 0.15) is 27.7 Å². The first-order chi connectivity index (χ1) is 15.6. The topological polar surface area (TPSA) is 12.0 Å². The maximum atomic E-state index is 4.07. The SMILES string of the molecule is C=C/C=C\C(=C/C)P(NP(C(/C=C\C)=C/C(C)C=C)c1ccccc1)C(/C=C\C)=C/C=C. The fraction of sp³-hybridized carbons (Fsp3) is 0.172. The van der Waals surface area contributed by atoms with Crippen molar-refractivity contribution >= 4 is 21.4 Å². The number of benzene rings is 1. The molecule has 3 atom stereocenters. The minimum absolute atomic E-state index is 0.281. The second-order valence-corrected chi connectivity index (χ2v) is 11.1. The van der Waals surface area contributed by atoms with Crippen LogP contribution in [0.5, 0.6) is 0 Å². The summed E-state index contributed by atoms with van der Waals surface area (Å²) in [5.41, 5.74) is 0. The van der Waals surface area contributed by atoms with Crippen LogP contribution in [0, 0.1) is 5.92 Å². The van der Waals surface area contributed by atoms with Gasteiger partial charge in [0.1, 0.15) is 0 Å². The first-order valence-corrected chi connectivity index (χ1v) is 13.5. The van der Waals surface area contributed by atoms with Crippen molar-refractivity contribution in [1.29, 1.82) is 0 Å². The summed E-state index contributed by atoms with van der Waals surface area (Å²) in [4.78, 5) is 4.07. The maximum Gasteiger partial charge on any atom is 0.0291 e. The van der Waals surface area contributed by atoms with E-state index in [9.17, 15) is 0 Å². The Bertz CT molecular complexity index is 914. The Morgan fingerprint density at radius 1 is 0.875 bits per heavy atom. The van der Waals surface area contributed by atoms with E-state index in [-0.39, 0.29) is 5.92 Å². The average Bonchev–Trinajstić information content (AvgIpc) is 2.81. The molecular weight excluding hydrogens is 424 g/mol. The molecule has 0 radical (unpaired) electrons. The molecule has 1 aromatic carbocycles. The van der Waals surface area contributed by atoms with Gasteiger partial charge in [0, 0.05) is 16.1 Å². The van der Waals surface area contributed by atoms with E-state index in [1.54, 1.807) is 0 Å². The van der Waals surface area contributed by atoms with Crippen molar-refractivity contribution in [2.24, 2.45) is 5.92 Å². The molecule has 1 N–H and O–H groups in total. The molecule has 0 saturated heterocycles. The Morgan fingerprint density at radius 3 is 2.06 bits per heavy atom. The molecule has 0 aliphatic heterocycles.